The van der Waals surface area contributed by atoms with Crippen molar-refractivity contribution in [2.75, 3.05) is 5.73 Å². The van der Waals surface area contributed by atoms with E-state index in [1.165, 1.54) is 11.3 Å². The number of anilines is 1. The molecule has 2 amide bonds. The van der Waals surface area contributed by atoms with E-state index in [9.17, 15) is 9.59 Å². The summed E-state index contributed by atoms with van der Waals surface area (Å²) in [5.41, 5.74) is 9.38. The first-order valence-electron chi connectivity index (χ1n) is 7.45. The second-order valence-electron chi connectivity index (χ2n) is 5.30. The standard InChI is InChI=1S/C16H18ClN5O2S/c1-10(21-22-15(24)7-13-9-20-16(18)25-13)6-14(23)19-8-11-2-4-12(17)5-3-11/h2-5,9H,6-8H2,1H3,(H2,18,20)(H,19,23)(H,22,24)/b21-10+. The summed E-state index contributed by atoms with van der Waals surface area (Å²) in [5.74, 6) is -0.467. The summed E-state index contributed by atoms with van der Waals surface area (Å²) < 4.78 is 0. The van der Waals surface area contributed by atoms with Gasteiger partial charge in [0.25, 0.3) is 0 Å². The van der Waals surface area contributed by atoms with E-state index in [0.717, 1.165) is 10.4 Å². The van der Waals surface area contributed by atoms with Crippen LogP contribution in [0.2, 0.25) is 5.02 Å². The Morgan fingerprint density at radius 3 is 2.64 bits per heavy atom. The van der Waals surface area contributed by atoms with Crippen molar-refractivity contribution in [1.29, 1.82) is 0 Å². The van der Waals surface area contributed by atoms with Crippen molar-refractivity contribution in [3.63, 3.8) is 0 Å². The summed E-state index contributed by atoms with van der Waals surface area (Å²) in [7, 11) is 0. The van der Waals surface area contributed by atoms with Gasteiger partial charge in [0, 0.05) is 28.4 Å². The molecule has 0 aliphatic heterocycles. The Kier molecular flexibility index (Phi) is 6.91. The molecule has 2 rings (SSSR count). The topological polar surface area (TPSA) is 109 Å². The predicted molar refractivity (Wildman–Crippen MR) is 99.4 cm³/mol. The number of carbonyl (C=O) groups is 2. The average Bonchev–Trinajstić information content (AvgIpc) is 2.97. The van der Waals surface area contributed by atoms with Gasteiger partial charge in [0.15, 0.2) is 5.13 Å². The molecular formula is C16H18ClN5O2S. The highest BCUT2D eigenvalue weighted by atomic mass is 35.5. The van der Waals surface area contributed by atoms with E-state index in [0.29, 0.717) is 22.4 Å². The number of amides is 2. The zero-order valence-corrected chi connectivity index (χ0v) is 15.2. The van der Waals surface area contributed by atoms with Crippen LogP contribution in [-0.2, 0) is 22.6 Å². The maximum Gasteiger partial charge on any atom is 0.245 e. The van der Waals surface area contributed by atoms with Crippen molar-refractivity contribution in [2.45, 2.75) is 26.3 Å². The fourth-order valence-electron chi connectivity index (χ4n) is 1.90. The van der Waals surface area contributed by atoms with E-state index in [1.54, 1.807) is 25.3 Å². The molecule has 0 fully saturated rings. The summed E-state index contributed by atoms with van der Waals surface area (Å²) in [6.45, 7) is 2.08. The first-order valence-corrected chi connectivity index (χ1v) is 8.65. The van der Waals surface area contributed by atoms with E-state index < -0.39 is 0 Å². The third kappa shape index (κ3) is 6.90. The molecule has 0 saturated heterocycles. The molecule has 0 atom stereocenters. The molecule has 132 valence electrons. The number of carbonyl (C=O) groups excluding carboxylic acids is 2. The van der Waals surface area contributed by atoms with E-state index in [1.807, 2.05) is 12.1 Å². The first kappa shape index (κ1) is 18.9. The SMILES string of the molecule is C/C(CC(=O)NCc1ccc(Cl)cc1)=N\NC(=O)Cc1cnc(N)s1. The Bertz CT molecular complexity index is 773. The number of hydrogen-bond donors (Lipinski definition) is 3. The number of hydrogen-bond acceptors (Lipinski definition) is 6. The molecule has 0 spiro atoms. The monoisotopic (exact) mass is 379 g/mol. The van der Waals surface area contributed by atoms with E-state index >= 15 is 0 Å². The van der Waals surface area contributed by atoms with Gasteiger partial charge in [-0.15, -0.1) is 11.3 Å². The normalized spacial score (nSPS) is 11.2. The number of hydrazone groups is 1. The molecule has 0 aliphatic rings. The zero-order valence-electron chi connectivity index (χ0n) is 13.6. The number of nitrogens with zero attached hydrogens (tertiary/aromatic N) is 2. The molecule has 9 heteroatoms. The number of aromatic nitrogens is 1. The number of nitrogens with one attached hydrogen (secondary N) is 2. The Morgan fingerprint density at radius 2 is 2.00 bits per heavy atom. The molecule has 0 bridgehead atoms. The van der Waals surface area contributed by atoms with E-state index in [4.69, 9.17) is 17.3 Å². The lowest BCUT2D eigenvalue weighted by Crippen LogP contribution is -2.26. The van der Waals surface area contributed by atoms with Crippen LogP contribution in [0.1, 0.15) is 23.8 Å². The van der Waals surface area contributed by atoms with Crippen LogP contribution in [0.15, 0.2) is 35.6 Å². The van der Waals surface area contributed by atoms with Gasteiger partial charge in [-0.3, -0.25) is 9.59 Å². The highest BCUT2D eigenvalue weighted by Gasteiger charge is 2.07. The third-order valence-electron chi connectivity index (χ3n) is 3.10. The Balaban J connectivity index is 1.73. The molecule has 1 aromatic carbocycles. The van der Waals surface area contributed by atoms with Gasteiger partial charge in [0.1, 0.15) is 0 Å². The lowest BCUT2D eigenvalue weighted by Gasteiger charge is -2.06. The smallest absolute Gasteiger partial charge is 0.245 e. The quantitative estimate of drug-likeness (QED) is 0.505. The maximum atomic E-state index is 11.9. The number of halogens is 1. The van der Waals surface area contributed by atoms with Crippen LogP contribution in [0.4, 0.5) is 5.13 Å². The van der Waals surface area contributed by atoms with Gasteiger partial charge in [-0.1, -0.05) is 23.7 Å². The van der Waals surface area contributed by atoms with Gasteiger partial charge < -0.3 is 11.1 Å². The maximum absolute atomic E-state index is 11.9. The average molecular weight is 380 g/mol. The highest BCUT2D eigenvalue weighted by molar-refractivity contribution is 7.15. The van der Waals surface area contributed by atoms with Crippen molar-refractivity contribution < 1.29 is 9.59 Å². The zero-order chi connectivity index (χ0) is 18.2. The lowest BCUT2D eigenvalue weighted by atomic mass is 10.2. The van der Waals surface area contributed by atoms with Gasteiger partial charge in [-0.25, -0.2) is 10.4 Å². The van der Waals surface area contributed by atoms with Crippen molar-refractivity contribution in [2.24, 2.45) is 5.10 Å². The predicted octanol–water partition coefficient (Wildman–Crippen LogP) is 2.12. The summed E-state index contributed by atoms with van der Waals surface area (Å²) in [6, 6.07) is 7.22. The highest BCUT2D eigenvalue weighted by Crippen LogP contribution is 2.14. The van der Waals surface area contributed by atoms with Crippen LogP contribution in [0.3, 0.4) is 0 Å². The van der Waals surface area contributed by atoms with Crippen LogP contribution in [0, 0.1) is 0 Å². The van der Waals surface area contributed by atoms with Gasteiger partial charge in [0.05, 0.1) is 12.8 Å². The number of nitrogen functional groups attached to an aromatic ring is 1. The summed E-state index contributed by atoms with van der Waals surface area (Å²) in [5, 5.41) is 7.77. The number of benzene rings is 1. The molecule has 0 aliphatic carbocycles. The molecule has 25 heavy (non-hydrogen) atoms. The minimum atomic E-state index is -0.287. The van der Waals surface area contributed by atoms with E-state index in [2.05, 4.69) is 20.8 Å². The third-order valence-corrected chi connectivity index (χ3v) is 4.18. The number of thiazole rings is 1. The van der Waals surface area contributed by atoms with Crippen molar-refractivity contribution in [3.05, 3.63) is 45.9 Å². The Labute approximate surface area is 154 Å². The number of nitrogens with two attached hydrogens (primary N) is 1. The van der Waals surface area contributed by atoms with Crippen LogP contribution < -0.4 is 16.5 Å². The molecule has 7 nitrogen and oxygen atoms in total. The van der Waals surface area contributed by atoms with Crippen LogP contribution >= 0.6 is 22.9 Å². The molecule has 1 heterocycles. The minimum absolute atomic E-state index is 0.0986. The van der Waals surface area contributed by atoms with E-state index in [-0.39, 0.29) is 24.7 Å². The Hall–Kier alpha value is -2.45. The molecule has 2 aromatic rings. The molecule has 0 unspecified atom stereocenters. The van der Waals surface area contributed by atoms with Crippen molar-refractivity contribution in [1.82, 2.24) is 15.7 Å². The largest absolute Gasteiger partial charge is 0.375 e. The van der Waals surface area contributed by atoms with Crippen LogP contribution in [0.25, 0.3) is 0 Å². The first-order chi connectivity index (χ1) is 11.9. The molecule has 0 saturated carbocycles. The summed E-state index contributed by atoms with van der Waals surface area (Å²) >= 11 is 7.06. The van der Waals surface area contributed by atoms with Gasteiger partial charge >= 0.3 is 0 Å². The van der Waals surface area contributed by atoms with Crippen LogP contribution in [0.5, 0.6) is 0 Å². The number of rotatable bonds is 7. The lowest BCUT2D eigenvalue weighted by molar-refractivity contribution is -0.121. The molecular weight excluding hydrogens is 362 g/mol. The minimum Gasteiger partial charge on any atom is -0.375 e. The van der Waals surface area contributed by atoms with Crippen LogP contribution in [-0.4, -0.2) is 22.5 Å². The Morgan fingerprint density at radius 1 is 1.28 bits per heavy atom. The van der Waals surface area contributed by atoms with Gasteiger partial charge in [-0.05, 0) is 24.6 Å². The second kappa shape index (κ2) is 9.14. The fraction of sp³-hybridized carbons (Fsp3) is 0.250. The second-order valence-corrected chi connectivity index (χ2v) is 6.89. The fourth-order valence-corrected chi connectivity index (χ4v) is 2.71. The van der Waals surface area contributed by atoms with Crippen molar-refractivity contribution in [3.8, 4) is 0 Å². The van der Waals surface area contributed by atoms with Crippen molar-refractivity contribution >= 4 is 45.6 Å². The van der Waals surface area contributed by atoms with Gasteiger partial charge in [-0.2, -0.15) is 5.10 Å². The van der Waals surface area contributed by atoms with Gasteiger partial charge in [0.2, 0.25) is 11.8 Å². The summed E-state index contributed by atoms with van der Waals surface area (Å²) in [6.07, 6.45) is 1.80. The molecule has 1 aromatic heterocycles. The summed E-state index contributed by atoms with van der Waals surface area (Å²) in [4.78, 5) is 28.3. The molecule has 4 N–H and O–H groups in total. The molecule has 0 radical (unpaired) electrons.